The van der Waals surface area contributed by atoms with E-state index in [2.05, 4.69) is 0 Å². The van der Waals surface area contributed by atoms with Crippen LogP contribution in [0.4, 0.5) is 8.78 Å². The molecule has 0 spiro atoms. The van der Waals surface area contributed by atoms with Gasteiger partial charge in [-0.05, 0) is 62.1 Å². The summed E-state index contributed by atoms with van der Waals surface area (Å²) in [5.74, 6) is -3.00. The van der Waals surface area contributed by atoms with Gasteiger partial charge in [0.05, 0.1) is 0 Å². The largest absolute Gasteiger partial charge is 0.478 e. The van der Waals surface area contributed by atoms with Crippen molar-refractivity contribution in [1.29, 1.82) is 0 Å². The predicted octanol–water partition coefficient (Wildman–Crippen LogP) is 3.89. The molecule has 0 saturated carbocycles. The molecule has 0 saturated heterocycles. The average molecular weight is 395 g/mol. The summed E-state index contributed by atoms with van der Waals surface area (Å²) in [7, 11) is 3.88. The summed E-state index contributed by atoms with van der Waals surface area (Å²) in [6.45, 7) is 0.668. The monoisotopic (exact) mass is 395 g/mol. The maximum absolute atomic E-state index is 13.3. The van der Waals surface area contributed by atoms with E-state index >= 15 is 0 Å². The van der Waals surface area contributed by atoms with Crippen LogP contribution >= 0.6 is 11.8 Å². The molecule has 0 fully saturated rings. The Bertz CT molecular complexity index is 792. The summed E-state index contributed by atoms with van der Waals surface area (Å²) >= 11 is 1.51. The number of aliphatic carboxylic acids is 2. The standard InChI is InChI=1S/C15H15F2NS.C4H4O4/c1-18(2)10-11-9-13(17)5-8-15(11)19-14-6-3-12(16)4-7-14;5-3(6)1-2-4(7)8/h3-9H,10H2,1-2H3;1-2H,(H,5,6)(H,7,8). The molecule has 0 unspecified atom stereocenters. The third-order valence-corrected chi connectivity index (χ3v) is 4.05. The van der Waals surface area contributed by atoms with E-state index in [0.29, 0.717) is 18.7 Å². The zero-order valence-electron chi connectivity index (χ0n) is 14.7. The zero-order valence-corrected chi connectivity index (χ0v) is 15.5. The fourth-order valence-electron chi connectivity index (χ4n) is 1.88. The average Bonchev–Trinajstić information content (AvgIpc) is 2.57. The van der Waals surface area contributed by atoms with Crippen molar-refractivity contribution < 1.29 is 28.6 Å². The molecule has 5 nitrogen and oxygen atoms in total. The highest BCUT2D eigenvalue weighted by atomic mass is 32.2. The first-order valence-corrected chi connectivity index (χ1v) is 8.49. The van der Waals surface area contributed by atoms with Gasteiger partial charge in [-0.3, -0.25) is 0 Å². The molecule has 0 aliphatic rings. The molecule has 2 aromatic carbocycles. The van der Waals surface area contributed by atoms with Gasteiger partial charge in [-0.15, -0.1) is 0 Å². The number of carboxylic acid groups (broad SMARTS) is 2. The van der Waals surface area contributed by atoms with E-state index < -0.39 is 11.9 Å². The van der Waals surface area contributed by atoms with Crippen LogP contribution in [0.2, 0.25) is 0 Å². The summed E-state index contributed by atoms with van der Waals surface area (Å²) in [6.07, 6.45) is 1.12. The molecule has 0 radical (unpaired) electrons. The van der Waals surface area contributed by atoms with Gasteiger partial charge in [0, 0.05) is 28.5 Å². The number of hydrogen-bond donors (Lipinski definition) is 2. The molecule has 0 amide bonds. The maximum Gasteiger partial charge on any atom is 0.328 e. The van der Waals surface area contributed by atoms with Gasteiger partial charge in [-0.1, -0.05) is 11.8 Å². The third-order valence-electron chi connectivity index (χ3n) is 2.92. The van der Waals surface area contributed by atoms with E-state index in [9.17, 15) is 18.4 Å². The quantitative estimate of drug-likeness (QED) is 0.723. The second kappa shape index (κ2) is 11.1. The Balaban J connectivity index is 0.000000387. The van der Waals surface area contributed by atoms with Gasteiger partial charge in [0.15, 0.2) is 0 Å². The minimum Gasteiger partial charge on any atom is -0.478 e. The fraction of sp³-hybridized carbons (Fsp3) is 0.158. The molecule has 2 aromatic rings. The van der Waals surface area contributed by atoms with Gasteiger partial charge in [0.2, 0.25) is 0 Å². The molecule has 2 rings (SSSR count). The molecule has 0 aliphatic heterocycles. The number of carbonyl (C=O) groups is 2. The molecule has 8 heteroatoms. The fourth-order valence-corrected chi connectivity index (χ4v) is 2.80. The molecule has 0 aliphatic carbocycles. The number of halogens is 2. The number of hydrogen-bond acceptors (Lipinski definition) is 4. The molecular weight excluding hydrogens is 376 g/mol. The van der Waals surface area contributed by atoms with Gasteiger partial charge in [-0.25, -0.2) is 18.4 Å². The van der Waals surface area contributed by atoms with Gasteiger partial charge >= 0.3 is 11.9 Å². The van der Waals surface area contributed by atoms with Crippen LogP contribution in [0.15, 0.2) is 64.4 Å². The molecule has 144 valence electrons. The van der Waals surface area contributed by atoms with E-state index in [1.165, 1.54) is 30.0 Å². The van der Waals surface area contributed by atoms with Crippen LogP contribution in [-0.2, 0) is 16.1 Å². The zero-order chi connectivity index (χ0) is 20.4. The van der Waals surface area contributed by atoms with Crippen molar-refractivity contribution in [3.8, 4) is 0 Å². The first kappa shape index (κ1) is 22.3. The van der Waals surface area contributed by atoms with Crippen molar-refractivity contribution >= 4 is 23.7 Å². The highest BCUT2D eigenvalue weighted by molar-refractivity contribution is 7.99. The summed E-state index contributed by atoms with van der Waals surface area (Å²) in [5.41, 5.74) is 0.930. The molecule has 2 N–H and O–H groups in total. The van der Waals surface area contributed by atoms with Crippen molar-refractivity contribution in [3.05, 3.63) is 71.8 Å². The van der Waals surface area contributed by atoms with Crippen LogP contribution in [0.5, 0.6) is 0 Å². The van der Waals surface area contributed by atoms with Crippen molar-refractivity contribution in [1.82, 2.24) is 4.90 Å². The Labute approximate surface area is 159 Å². The molecule has 0 heterocycles. The van der Waals surface area contributed by atoms with E-state index in [-0.39, 0.29) is 11.6 Å². The van der Waals surface area contributed by atoms with E-state index in [1.54, 1.807) is 24.3 Å². The van der Waals surface area contributed by atoms with Crippen LogP contribution in [0.3, 0.4) is 0 Å². The van der Waals surface area contributed by atoms with E-state index in [0.717, 1.165) is 15.4 Å². The normalized spacial score (nSPS) is 10.6. The number of nitrogens with zero attached hydrogens (tertiary/aromatic N) is 1. The van der Waals surface area contributed by atoms with Crippen LogP contribution < -0.4 is 0 Å². The highest BCUT2D eigenvalue weighted by Crippen LogP contribution is 2.31. The lowest BCUT2D eigenvalue weighted by atomic mass is 10.2. The summed E-state index contributed by atoms with van der Waals surface area (Å²) in [6, 6.07) is 11.1. The Kier molecular flexibility index (Phi) is 9.18. The lowest BCUT2D eigenvalue weighted by molar-refractivity contribution is -0.134. The van der Waals surface area contributed by atoms with Gasteiger partial charge in [0.25, 0.3) is 0 Å². The number of carboxylic acids is 2. The van der Waals surface area contributed by atoms with Crippen LogP contribution in [-0.4, -0.2) is 41.1 Å². The van der Waals surface area contributed by atoms with Crippen molar-refractivity contribution in [2.24, 2.45) is 0 Å². The van der Waals surface area contributed by atoms with Crippen molar-refractivity contribution in [3.63, 3.8) is 0 Å². The van der Waals surface area contributed by atoms with E-state index in [1.807, 2.05) is 19.0 Å². The second-order valence-corrected chi connectivity index (χ2v) is 6.67. The molecule has 0 bridgehead atoms. The Hall–Kier alpha value is -2.71. The summed E-state index contributed by atoms with van der Waals surface area (Å²) in [5, 5.41) is 15.6. The minimum atomic E-state index is -1.26. The van der Waals surface area contributed by atoms with Gasteiger partial charge in [-0.2, -0.15) is 0 Å². The maximum atomic E-state index is 13.3. The SMILES string of the molecule is CN(C)Cc1cc(F)ccc1Sc1ccc(F)cc1.O=C(O)C=CC(=O)O. The summed E-state index contributed by atoms with van der Waals surface area (Å²) in [4.78, 5) is 23.0. The second-order valence-electron chi connectivity index (χ2n) is 5.56. The molecular formula is C19H19F2NO4S. The smallest absolute Gasteiger partial charge is 0.328 e. The topological polar surface area (TPSA) is 77.8 Å². The van der Waals surface area contributed by atoms with Gasteiger partial charge < -0.3 is 15.1 Å². The van der Waals surface area contributed by atoms with Crippen molar-refractivity contribution in [2.45, 2.75) is 16.3 Å². The molecule has 27 heavy (non-hydrogen) atoms. The van der Waals surface area contributed by atoms with Crippen LogP contribution in [0, 0.1) is 11.6 Å². The van der Waals surface area contributed by atoms with Crippen LogP contribution in [0.1, 0.15) is 5.56 Å². The first-order chi connectivity index (χ1) is 12.7. The number of benzene rings is 2. The Morgan fingerprint density at radius 3 is 1.96 bits per heavy atom. The molecule has 0 atom stereocenters. The first-order valence-electron chi connectivity index (χ1n) is 7.68. The van der Waals surface area contributed by atoms with Crippen molar-refractivity contribution in [2.75, 3.05) is 14.1 Å². The van der Waals surface area contributed by atoms with E-state index in [4.69, 9.17) is 10.2 Å². The minimum absolute atomic E-state index is 0.236. The number of rotatable bonds is 6. The third kappa shape index (κ3) is 9.53. The van der Waals surface area contributed by atoms with Crippen LogP contribution in [0.25, 0.3) is 0 Å². The Morgan fingerprint density at radius 1 is 0.963 bits per heavy atom. The summed E-state index contributed by atoms with van der Waals surface area (Å²) < 4.78 is 26.2. The Morgan fingerprint density at radius 2 is 1.48 bits per heavy atom. The predicted molar refractivity (Wildman–Crippen MR) is 98.7 cm³/mol. The molecule has 0 aromatic heterocycles. The highest BCUT2D eigenvalue weighted by Gasteiger charge is 2.07. The lowest BCUT2D eigenvalue weighted by Crippen LogP contribution is -2.11. The van der Waals surface area contributed by atoms with Gasteiger partial charge in [0.1, 0.15) is 11.6 Å². The lowest BCUT2D eigenvalue weighted by Gasteiger charge is -2.14.